The zero-order valence-electron chi connectivity index (χ0n) is 19.4. The molecule has 3 aromatic carbocycles. The van der Waals surface area contributed by atoms with E-state index in [1.54, 1.807) is 49.4 Å². The zero-order valence-corrected chi connectivity index (χ0v) is 19.4. The molecule has 0 aromatic heterocycles. The summed E-state index contributed by atoms with van der Waals surface area (Å²) >= 11 is 0. The Kier molecular flexibility index (Phi) is 5.81. The van der Waals surface area contributed by atoms with Crippen molar-refractivity contribution >= 4 is 17.8 Å². The lowest BCUT2D eigenvalue weighted by Crippen LogP contribution is -2.11. The van der Waals surface area contributed by atoms with Crippen LogP contribution in [0, 0.1) is 6.92 Å². The summed E-state index contributed by atoms with van der Waals surface area (Å²) in [6.07, 6.45) is 1.73. The van der Waals surface area contributed by atoms with Gasteiger partial charge in [0.1, 0.15) is 22.8 Å². The molecule has 0 fully saturated rings. The van der Waals surface area contributed by atoms with Gasteiger partial charge in [-0.3, -0.25) is 4.79 Å². The first-order valence-electron chi connectivity index (χ1n) is 10.7. The number of rotatable bonds is 4. The van der Waals surface area contributed by atoms with Crippen LogP contribution < -0.4 is 14.2 Å². The third-order valence-corrected chi connectivity index (χ3v) is 5.64. The van der Waals surface area contributed by atoms with Crippen LogP contribution in [-0.2, 0) is 5.41 Å². The molecule has 1 aliphatic heterocycles. The lowest BCUT2D eigenvalue weighted by atomic mass is 9.86. The van der Waals surface area contributed by atoms with E-state index in [4.69, 9.17) is 14.2 Å². The summed E-state index contributed by atoms with van der Waals surface area (Å²) in [6.45, 7) is 8.23. The molecule has 4 rings (SSSR count). The van der Waals surface area contributed by atoms with Gasteiger partial charge in [-0.15, -0.1) is 0 Å². The molecule has 0 atom stereocenters. The minimum Gasteiger partial charge on any atom is -0.496 e. The molecule has 0 spiro atoms. The van der Waals surface area contributed by atoms with Crippen molar-refractivity contribution in [2.24, 2.45) is 0 Å². The van der Waals surface area contributed by atoms with Gasteiger partial charge in [-0.2, -0.15) is 0 Å². The molecule has 0 N–H and O–H groups in total. The van der Waals surface area contributed by atoms with E-state index in [1.165, 1.54) is 12.7 Å². The Hall–Kier alpha value is -3.86. The lowest BCUT2D eigenvalue weighted by Gasteiger charge is -2.18. The molecule has 0 saturated heterocycles. The fourth-order valence-electron chi connectivity index (χ4n) is 3.68. The maximum absolute atomic E-state index is 12.9. The Morgan fingerprint density at radius 2 is 1.64 bits per heavy atom. The van der Waals surface area contributed by atoms with E-state index < -0.39 is 5.97 Å². The van der Waals surface area contributed by atoms with Crippen LogP contribution in [0.3, 0.4) is 0 Å². The van der Waals surface area contributed by atoms with Gasteiger partial charge in [0.15, 0.2) is 5.76 Å². The Balaban J connectivity index is 1.59. The topological polar surface area (TPSA) is 61.8 Å². The molecule has 3 aromatic rings. The second-order valence-corrected chi connectivity index (χ2v) is 8.97. The van der Waals surface area contributed by atoms with Crippen LogP contribution in [-0.4, -0.2) is 18.9 Å². The molecule has 1 aliphatic rings. The van der Waals surface area contributed by atoms with E-state index in [0.717, 1.165) is 5.56 Å². The van der Waals surface area contributed by atoms with Gasteiger partial charge < -0.3 is 14.2 Å². The molecule has 0 bridgehead atoms. The van der Waals surface area contributed by atoms with Crippen molar-refractivity contribution in [3.8, 4) is 17.2 Å². The van der Waals surface area contributed by atoms with E-state index in [2.05, 4.69) is 32.9 Å². The summed E-state index contributed by atoms with van der Waals surface area (Å²) in [5.74, 6) is 0.654. The van der Waals surface area contributed by atoms with E-state index in [1.807, 2.05) is 12.1 Å². The van der Waals surface area contributed by atoms with Crippen LogP contribution >= 0.6 is 0 Å². The first kappa shape index (κ1) is 22.3. The number of allylic oxidation sites excluding steroid dienone is 1. The van der Waals surface area contributed by atoms with Crippen molar-refractivity contribution in [1.82, 2.24) is 0 Å². The molecule has 0 aliphatic carbocycles. The van der Waals surface area contributed by atoms with Crippen molar-refractivity contribution in [1.29, 1.82) is 0 Å². The van der Waals surface area contributed by atoms with Crippen molar-refractivity contribution in [3.05, 3.63) is 94.2 Å². The molecular weight excluding hydrogens is 416 g/mol. The average Bonchev–Trinajstić information content (AvgIpc) is 3.11. The predicted molar refractivity (Wildman–Crippen MR) is 127 cm³/mol. The normalized spacial score (nSPS) is 14.1. The summed E-state index contributed by atoms with van der Waals surface area (Å²) in [5.41, 5.74) is 3.48. The number of hydrogen-bond acceptors (Lipinski definition) is 5. The Bertz CT molecular complexity index is 1260. The van der Waals surface area contributed by atoms with Crippen molar-refractivity contribution in [2.75, 3.05) is 7.11 Å². The number of ketones is 1. The lowest BCUT2D eigenvalue weighted by molar-refractivity contribution is 0.0729. The highest BCUT2D eigenvalue weighted by atomic mass is 16.5. The monoisotopic (exact) mass is 442 g/mol. The Morgan fingerprint density at radius 1 is 0.939 bits per heavy atom. The molecule has 168 valence electrons. The van der Waals surface area contributed by atoms with Crippen LogP contribution in [0.1, 0.15) is 58.2 Å². The van der Waals surface area contributed by atoms with Crippen molar-refractivity contribution < 1.29 is 23.8 Å². The quantitative estimate of drug-likeness (QED) is 0.276. The maximum Gasteiger partial charge on any atom is 0.347 e. The highest BCUT2D eigenvalue weighted by Gasteiger charge is 2.31. The zero-order chi connectivity index (χ0) is 23.8. The summed E-state index contributed by atoms with van der Waals surface area (Å²) in [6, 6.07) is 18.1. The van der Waals surface area contributed by atoms with Crippen molar-refractivity contribution in [3.63, 3.8) is 0 Å². The number of hydrogen-bond donors (Lipinski definition) is 0. The number of para-hydroxylation sites is 1. The minimum atomic E-state index is -0.547. The molecule has 0 amide bonds. The van der Waals surface area contributed by atoms with E-state index in [0.29, 0.717) is 33.9 Å². The Labute approximate surface area is 193 Å². The molecule has 1 heterocycles. The molecular formula is C28H26O5. The second kappa shape index (κ2) is 8.58. The van der Waals surface area contributed by atoms with Crippen LogP contribution in [0.4, 0.5) is 0 Å². The van der Waals surface area contributed by atoms with E-state index in [9.17, 15) is 9.59 Å². The van der Waals surface area contributed by atoms with Crippen LogP contribution in [0.15, 0.2) is 66.4 Å². The third kappa shape index (κ3) is 4.40. The molecule has 5 nitrogen and oxygen atoms in total. The number of carbonyl (C=O) groups is 2. The number of Topliss-reactive ketones (excluding diaryl/α,β-unsaturated/α-hetero) is 1. The summed E-state index contributed by atoms with van der Waals surface area (Å²) < 4.78 is 16.8. The highest BCUT2D eigenvalue weighted by Crippen LogP contribution is 2.39. The van der Waals surface area contributed by atoms with Crippen molar-refractivity contribution in [2.45, 2.75) is 33.1 Å². The number of esters is 1. The summed E-state index contributed by atoms with van der Waals surface area (Å²) in [4.78, 5) is 25.6. The smallest absolute Gasteiger partial charge is 0.347 e. The third-order valence-electron chi connectivity index (χ3n) is 5.64. The van der Waals surface area contributed by atoms with Gasteiger partial charge in [0.05, 0.1) is 12.7 Å². The molecule has 5 heteroatoms. The number of carbonyl (C=O) groups excluding carboxylic acids is 2. The summed E-state index contributed by atoms with van der Waals surface area (Å²) in [5, 5.41) is 0. The highest BCUT2D eigenvalue weighted by molar-refractivity contribution is 6.15. The van der Waals surface area contributed by atoms with Gasteiger partial charge >= 0.3 is 5.97 Å². The van der Waals surface area contributed by atoms with Gasteiger partial charge in [-0.25, -0.2) is 4.79 Å². The fraction of sp³-hybridized carbons (Fsp3) is 0.214. The molecule has 33 heavy (non-hydrogen) atoms. The first-order valence-corrected chi connectivity index (χ1v) is 10.7. The van der Waals surface area contributed by atoms with Gasteiger partial charge in [0, 0.05) is 5.56 Å². The fourth-order valence-corrected chi connectivity index (χ4v) is 3.68. The number of ether oxygens (including phenoxy) is 3. The number of fused-ring (bicyclic) bond motifs is 1. The van der Waals surface area contributed by atoms with Crippen LogP contribution in [0.5, 0.6) is 17.2 Å². The summed E-state index contributed by atoms with van der Waals surface area (Å²) in [7, 11) is 1.50. The van der Waals surface area contributed by atoms with E-state index >= 15 is 0 Å². The Morgan fingerprint density at radius 3 is 2.30 bits per heavy atom. The maximum atomic E-state index is 12.9. The van der Waals surface area contributed by atoms with Gasteiger partial charge in [-0.1, -0.05) is 57.2 Å². The standard InChI is InChI=1S/C28H26O5/c1-17-22(33-27(30)20-8-6-7-9-23(20)31-5)15-14-21-25(29)24(32-26(17)21)16-18-10-12-19(13-11-18)28(2,3)4/h6-16H,1-5H3/b24-16-. The molecule has 0 unspecified atom stereocenters. The van der Waals surface area contributed by atoms with Gasteiger partial charge in [-0.05, 0) is 53.8 Å². The van der Waals surface area contributed by atoms with E-state index in [-0.39, 0.29) is 17.0 Å². The minimum absolute atomic E-state index is 0.0519. The largest absolute Gasteiger partial charge is 0.496 e. The molecule has 0 saturated carbocycles. The number of benzene rings is 3. The van der Waals surface area contributed by atoms with Crippen LogP contribution in [0.2, 0.25) is 0 Å². The van der Waals surface area contributed by atoms with Gasteiger partial charge in [0.2, 0.25) is 5.78 Å². The predicted octanol–water partition coefficient (Wildman–Crippen LogP) is 6.14. The van der Waals surface area contributed by atoms with Gasteiger partial charge in [0.25, 0.3) is 0 Å². The van der Waals surface area contributed by atoms with Crippen LogP contribution in [0.25, 0.3) is 6.08 Å². The number of methoxy groups -OCH3 is 1. The second-order valence-electron chi connectivity index (χ2n) is 8.97. The SMILES string of the molecule is COc1ccccc1C(=O)Oc1ccc2c(c1C)O/C(=C\c1ccc(C(C)(C)C)cc1)C2=O. The average molecular weight is 443 g/mol. The molecule has 0 radical (unpaired) electrons. The first-order chi connectivity index (χ1) is 15.7.